The van der Waals surface area contributed by atoms with Gasteiger partial charge in [0.05, 0.1) is 5.56 Å². The topological polar surface area (TPSA) is 55.8 Å². The fourth-order valence-corrected chi connectivity index (χ4v) is 4.46. The molecule has 5 nitrogen and oxygen atoms in total. The molecule has 2 fully saturated rings. The van der Waals surface area contributed by atoms with Crippen LogP contribution in [-0.4, -0.2) is 42.1 Å². The molecule has 4 rings (SSSR count). The van der Waals surface area contributed by atoms with E-state index in [4.69, 9.17) is 9.47 Å². The Morgan fingerprint density at radius 2 is 1.68 bits per heavy atom. The van der Waals surface area contributed by atoms with Gasteiger partial charge in [0.25, 0.3) is 0 Å². The fraction of sp³-hybridized carbons (Fsp3) is 0.391. The van der Waals surface area contributed by atoms with Gasteiger partial charge in [-0.25, -0.2) is 4.79 Å². The molecule has 2 saturated heterocycles. The molecule has 2 unspecified atom stereocenters. The molecular weight excluding hydrogens is 354 g/mol. The second kappa shape index (κ2) is 8.15. The molecule has 0 aromatic heterocycles. The predicted molar refractivity (Wildman–Crippen MR) is 105 cm³/mol. The zero-order valence-electron chi connectivity index (χ0n) is 16.0. The van der Waals surface area contributed by atoms with Gasteiger partial charge in [-0.2, -0.15) is 0 Å². The number of ether oxygens (including phenoxy) is 2. The molecule has 0 radical (unpaired) electrons. The van der Waals surface area contributed by atoms with Crippen LogP contribution in [0.5, 0.6) is 0 Å². The zero-order valence-corrected chi connectivity index (χ0v) is 16.0. The van der Waals surface area contributed by atoms with Gasteiger partial charge in [0.2, 0.25) is 0 Å². The summed E-state index contributed by atoms with van der Waals surface area (Å²) in [6.45, 7) is 0.232. The zero-order chi connectivity index (χ0) is 19.5. The van der Waals surface area contributed by atoms with Crippen LogP contribution in [0.1, 0.15) is 35.2 Å². The van der Waals surface area contributed by atoms with Crippen LogP contribution in [-0.2, 0) is 20.9 Å². The Kier molecular flexibility index (Phi) is 5.44. The van der Waals surface area contributed by atoms with Crippen molar-refractivity contribution < 1.29 is 19.1 Å². The van der Waals surface area contributed by atoms with Gasteiger partial charge in [0.1, 0.15) is 18.6 Å². The Morgan fingerprint density at radius 1 is 1.00 bits per heavy atom. The van der Waals surface area contributed by atoms with Crippen LogP contribution >= 0.6 is 0 Å². The Bertz CT molecular complexity index is 823. The van der Waals surface area contributed by atoms with Crippen molar-refractivity contribution in [3.05, 3.63) is 71.8 Å². The van der Waals surface area contributed by atoms with Crippen LogP contribution in [0.4, 0.5) is 0 Å². The van der Waals surface area contributed by atoms with Gasteiger partial charge in [-0.1, -0.05) is 48.5 Å². The molecule has 2 aromatic rings. The van der Waals surface area contributed by atoms with Crippen molar-refractivity contribution in [2.24, 2.45) is 5.92 Å². The predicted octanol–water partition coefficient (Wildman–Crippen LogP) is 3.44. The summed E-state index contributed by atoms with van der Waals surface area (Å²) in [5.74, 6) is -1.12. The molecule has 0 aliphatic carbocycles. The number of esters is 2. The summed E-state index contributed by atoms with van der Waals surface area (Å²) in [5, 5.41) is 0. The van der Waals surface area contributed by atoms with E-state index in [0.717, 1.165) is 18.4 Å². The van der Waals surface area contributed by atoms with Crippen molar-refractivity contribution in [2.45, 2.75) is 44.1 Å². The van der Waals surface area contributed by atoms with Crippen molar-refractivity contribution in [1.82, 2.24) is 4.90 Å². The van der Waals surface area contributed by atoms with Gasteiger partial charge in [-0.15, -0.1) is 0 Å². The molecule has 0 spiro atoms. The highest BCUT2D eigenvalue weighted by atomic mass is 16.6. The lowest BCUT2D eigenvalue weighted by Crippen LogP contribution is -2.53. The fourth-order valence-electron chi connectivity index (χ4n) is 4.46. The van der Waals surface area contributed by atoms with Crippen molar-refractivity contribution >= 4 is 11.9 Å². The van der Waals surface area contributed by atoms with E-state index in [-0.39, 0.29) is 24.6 Å². The van der Waals surface area contributed by atoms with Gasteiger partial charge >= 0.3 is 11.9 Å². The molecule has 2 aromatic carbocycles. The minimum absolute atomic E-state index is 0.0515. The van der Waals surface area contributed by atoms with Crippen LogP contribution in [0, 0.1) is 5.92 Å². The molecule has 2 aliphatic heterocycles. The summed E-state index contributed by atoms with van der Waals surface area (Å²) >= 11 is 0. The molecule has 0 N–H and O–H groups in total. The number of hydrogen-bond donors (Lipinski definition) is 0. The van der Waals surface area contributed by atoms with Crippen molar-refractivity contribution in [2.75, 3.05) is 7.05 Å². The highest BCUT2D eigenvalue weighted by Gasteiger charge is 2.51. The number of hydrogen-bond acceptors (Lipinski definition) is 5. The summed E-state index contributed by atoms with van der Waals surface area (Å²) in [5.41, 5.74) is 1.45. The number of rotatable bonds is 5. The first-order valence-corrected chi connectivity index (χ1v) is 9.82. The first-order valence-electron chi connectivity index (χ1n) is 9.82. The van der Waals surface area contributed by atoms with Gasteiger partial charge < -0.3 is 9.47 Å². The standard InChI is InChI=1S/C23H25NO4/c1-24-18-12-13-19(24)21(23(26)27-15-16-8-4-2-5-9-16)20(14-18)28-22(25)17-10-6-3-7-11-17/h2-11,18-21H,12-15H2,1H3/t18-,19?,20+,21?/m1/s1. The van der Waals surface area contributed by atoms with Crippen LogP contribution < -0.4 is 0 Å². The maximum Gasteiger partial charge on any atom is 0.338 e. The van der Waals surface area contributed by atoms with E-state index in [0.29, 0.717) is 18.0 Å². The maximum atomic E-state index is 13.0. The Morgan fingerprint density at radius 3 is 2.39 bits per heavy atom. The van der Waals surface area contributed by atoms with Crippen LogP contribution in [0.15, 0.2) is 60.7 Å². The van der Waals surface area contributed by atoms with Crippen LogP contribution in [0.25, 0.3) is 0 Å². The van der Waals surface area contributed by atoms with Gasteiger partial charge in [-0.05, 0) is 37.6 Å². The molecule has 0 saturated carbocycles. The summed E-state index contributed by atoms with van der Waals surface area (Å²) < 4.78 is 11.5. The smallest absolute Gasteiger partial charge is 0.338 e. The molecule has 28 heavy (non-hydrogen) atoms. The molecule has 0 amide bonds. The van der Waals surface area contributed by atoms with Gasteiger partial charge in [0.15, 0.2) is 0 Å². The third-order valence-electron chi connectivity index (χ3n) is 5.98. The average Bonchev–Trinajstić information content (AvgIpc) is 2.97. The normalized spacial score (nSPS) is 26.6. The minimum atomic E-state index is -0.458. The van der Waals surface area contributed by atoms with Crippen molar-refractivity contribution in [1.29, 1.82) is 0 Å². The largest absolute Gasteiger partial charge is 0.460 e. The second-order valence-corrected chi connectivity index (χ2v) is 7.63. The first-order chi connectivity index (χ1) is 13.6. The van der Waals surface area contributed by atoms with E-state index in [1.54, 1.807) is 24.3 Å². The third kappa shape index (κ3) is 3.80. The third-order valence-corrected chi connectivity index (χ3v) is 5.98. The molecule has 2 bridgehead atoms. The SMILES string of the molecule is CN1C2CC[C@@H]1C[C@H](OC(=O)c1ccccc1)C2C(=O)OCc1ccccc1. The number of fused-ring (bicyclic) bond motifs is 2. The molecular formula is C23H25NO4. The van der Waals surface area contributed by atoms with Crippen LogP contribution in [0.2, 0.25) is 0 Å². The van der Waals surface area contributed by atoms with E-state index < -0.39 is 12.0 Å². The van der Waals surface area contributed by atoms with E-state index in [2.05, 4.69) is 11.9 Å². The first kappa shape index (κ1) is 18.7. The van der Waals surface area contributed by atoms with E-state index in [9.17, 15) is 9.59 Å². The number of nitrogens with zero attached hydrogens (tertiary/aromatic N) is 1. The lowest BCUT2D eigenvalue weighted by atomic mass is 9.87. The van der Waals surface area contributed by atoms with E-state index in [1.807, 2.05) is 36.4 Å². The number of piperidine rings is 1. The highest BCUT2D eigenvalue weighted by Crippen LogP contribution is 2.40. The minimum Gasteiger partial charge on any atom is -0.460 e. The van der Waals surface area contributed by atoms with Crippen LogP contribution in [0.3, 0.4) is 0 Å². The van der Waals surface area contributed by atoms with E-state index >= 15 is 0 Å². The molecule has 5 heteroatoms. The summed E-state index contributed by atoms with van der Waals surface area (Å²) in [6, 6.07) is 19.0. The molecule has 2 heterocycles. The summed E-state index contributed by atoms with van der Waals surface area (Å²) in [7, 11) is 2.05. The van der Waals surface area contributed by atoms with Gasteiger partial charge in [-0.3, -0.25) is 9.69 Å². The molecule has 2 aliphatic rings. The number of carbonyl (C=O) groups is 2. The number of carbonyl (C=O) groups excluding carboxylic acids is 2. The Balaban J connectivity index is 1.49. The second-order valence-electron chi connectivity index (χ2n) is 7.63. The number of benzene rings is 2. The molecule has 4 atom stereocenters. The summed E-state index contributed by atoms with van der Waals surface area (Å²) in [4.78, 5) is 27.8. The lowest BCUT2D eigenvalue weighted by Gasteiger charge is -2.40. The quantitative estimate of drug-likeness (QED) is 0.745. The van der Waals surface area contributed by atoms with E-state index in [1.165, 1.54) is 0 Å². The van der Waals surface area contributed by atoms with Gasteiger partial charge in [0, 0.05) is 18.5 Å². The van der Waals surface area contributed by atoms with Crippen molar-refractivity contribution in [3.63, 3.8) is 0 Å². The Labute approximate surface area is 165 Å². The lowest BCUT2D eigenvalue weighted by molar-refractivity contribution is -0.160. The summed E-state index contributed by atoms with van der Waals surface area (Å²) in [6.07, 6.45) is 2.15. The molecule has 146 valence electrons. The monoisotopic (exact) mass is 379 g/mol. The van der Waals surface area contributed by atoms with Crippen molar-refractivity contribution in [3.8, 4) is 0 Å². The maximum absolute atomic E-state index is 13.0. The average molecular weight is 379 g/mol. The Hall–Kier alpha value is -2.66. The highest BCUT2D eigenvalue weighted by molar-refractivity contribution is 5.89.